The van der Waals surface area contributed by atoms with Gasteiger partial charge in [-0.15, -0.1) is 0 Å². The zero-order valence-electron chi connectivity index (χ0n) is 9.25. The van der Waals surface area contributed by atoms with E-state index in [1.807, 2.05) is 31.2 Å². The van der Waals surface area contributed by atoms with Crippen LogP contribution in [0, 0.1) is 0 Å². The first-order chi connectivity index (χ1) is 7.26. The van der Waals surface area contributed by atoms with Gasteiger partial charge in [0.2, 0.25) is 0 Å². The van der Waals surface area contributed by atoms with Crippen molar-refractivity contribution in [3.8, 4) is 5.75 Å². The number of carbonyl (C=O) groups excluding carboxylic acids is 1. The summed E-state index contributed by atoms with van der Waals surface area (Å²) >= 11 is 0. The lowest BCUT2D eigenvalue weighted by Gasteiger charge is -2.04. The van der Waals surface area contributed by atoms with E-state index in [2.05, 4.69) is 5.32 Å². The van der Waals surface area contributed by atoms with E-state index >= 15 is 0 Å². The molecular weight excluding hydrogens is 190 g/mol. The van der Waals surface area contributed by atoms with Gasteiger partial charge in [0.25, 0.3) is 0 Å². The van der Waals surface area contributed by atoms with Crippen molar-refractivity contribution in [2.45, 2.75) is 19.9 Å². The molecule has 0 atom stereocenters. The van der Waals surface area contributed by atoms with Gasteiger partial charge < -0.3 is 10.1 Å². The Labute approximate surface area is 91.9 Å². The van der Waals surface area contributed by atoms with Gasteiger partial charge in [-0.05, 0) is 17.7 Å². The number of ether oxygens (including phenoxy) is 1. The summed E-state index contributed by atoms with van der Waals surface area (Å²) in [5.41, 5.74) is 1.15. The van der Waals surface area contributed by atoms with Crippen LogP contribution in [0.5, 0.6) is 5.75 Å². The maximum absolute atomic E-state index is 11.0. The largest absolute Gasteiger partial charge is 0.497 e. The fraction of sp³-hybridized carbons (Fsp3) is 0.417. The Morgan fingerprint density at radius 1 is 1.40 bits per heavy atom. The van der Waals surface area contributed by atoms with Crippen LogP contribution in [0.4, 0.5) is 0 Å². The zero-order valence-corrected chi connectivity index (χ0v) is 9.25. The highest BCUT2D eigenvalue weighted by Gasteiger charge is 1.97. The SMILES string of the molecule is CCC(=O)CNCc1ccc(OC)cc1.[HH]. The molecule has 0 saturated heterocycles. The van der Waals surface area contributed by atoms with E-state index in [1.165, 1.54) is 0 Å². The molecule has 0 spiro atoms. The molecule has 0 unspecified atom stereocenters. The molecule has 3 nitrogen and oxygen atoms in total. The van der Waals surface area contributed by atoms with Crippen molar-refractivity contribution in [1.29, 1.82) is 0 Å². The number of rotatable bonds is 6. The van der Waals surface area contributed by atoms with Gasteiger partial charge in [-0.1, -0.05) is 19.1 Å². The fourth-order valence-corrected chi connectivity index (χ4v) is 1.21. The van der Waals surface area contributed by atoms with Crippen LogP contribution in [-0.4, -0.2) is 19.4 Å². The third-order valence-corrected chi connectivity index (χ3v) is 2.20. The standard InChI is InChI=1S/C12H17NO2.H2/c1-3-11(14)9-13-8-10-4-6-12(15-2)7-5-10;/h4-7,13H,3,8-9H2,1-2H3;1H. The molecule has 0 amide bonds. The van der Waals surface area contributed by atoms with Gasteiger partial charge in [0, 0.05) is 14.4 Å². The van der Waals surface area contributed by atoms with Crippen molar-refractivity contribution in [3.63, 3.8) is 0 Å². The highest BCUT2D eigenvalue weighted by molar-refractivity contribution is 5.80. The third kappa shape index (κ3) is 4.13. The van der Waals surface area contributed by atoms with Gasteiger partial charge in [0.15, 0.2) is 0 Å². The number of methoxy groups -OCH3 is 1. The van der Waals surface area contributed by atoms with Gasteiger partial charge in [0.05, 0.1) is 13.7 Å². The van der Waals surface area contributed by atoms with Crippen LogP contribution < -0.4 is 10.1 Å². The highest BCUT2D eigenvalue weighted by atomic mass is 16.5. The van der Waals surface area contributed by atoms with Crippen LogP contribution in [0.3, 0.4) is 0 Å². The van der Waals surface area contributed by atoms with E-state index in [4.69, 9.17) is 4.74 Å². The summed E-state index contributed by atoms with van der Waals surface area (Å²) in [6.07, 6.45) is 0.593. The molecule has 0 aromatic heterocycles. The molecule has 3 heteroatoms. The molecule has 0 aliphatic heterocycles. The van der Waals surface area contributed by atoms with Crippen molar-refractivity contribution >= 4 is 5.78 Å². The van der Waals surface area contributed by atoms with Crippen LogP contribution >= 0.6 is 0 Å². The minimum atomic E-state index is 0. The topological polar surface area (TPSA) is 38.3 Å². The lowest BCUT2D eigenvalue weighted by atomic mass is 10.2. The van der Waals surface area contributed by atoms with E-state index in [0.717, 1.165) is 17.9 Å². The lowest BCUT2D eigenvalue weighted by molar-refractivity contribution is -0.117. The number of hydrogen-bond donors (Lipinski definition) is 1. The molecule has 0 aliphatic carbocycles. The lowest BCUT2D eigenvalue weighted by Crippen LogP contribution is -2.21. The molecule has 0 heterocycles. The van der Waals surface area contributed by atoms with Crippen molar-refractivity contribution in [2.24, 2.45) is 0 Å². The smallest absolute Gasteiger partial charge is 0.146 e. The summed E-state index contributed by atoms with van der Waals surface area (Å²) in [6.45, 7) is 3.04. The molecule has 0 saturated carbocycles. The van der Waals surface area contributed by atoms with Crippen LogP contribution in [0.15, 0.2) is 24.3 Å². The van der Waals surface area contributed by atoms with Gasteiger partial charge in [0.1, 0.15) is 11.5 Å². The van der Waals surface area contributed by atoms with E-state index in [-0.39, 0.29) is 7.21 Å². The molecule has 15 heavy (non-hydrogen) atoms. The number of benzene rings is 1. The minimum absolute atomic E-state index is 0. The summed E-state index contributed by atoms with van der Waals surface area (Å²) in [7, 11) is 1.65. The summed E-state index contributed by atoms with van der Waals surface area (Å²) in [5, 5.41) is 3.10. The first kappa shape index (κ1) is 11.7. The van der Waals surface area contributed by atoms with Crippen molar-refractivity contribution < 1.29 is 11.0 Å². The van der Waals surface area contributed by atoms with E-state index < -0.39 is 0 Å². The molecule has 1 N–H and O–H groups in total. The van der Waals surface area contributed by atoms with Gasteiger partial charge in [-0.3, -0.25) is 4.79 Å². The summed E-state index contributed by atoms with van der Waals surface area (Å²) in [5.74, 6) is 1.09. The quantitative estimate of drug-likeness (QED) is 0.779. The number of nitrogens with one attached hydrogen (secondary N) is 1. The van der Waals surface area contributed by atoms with E-state index in [0.29, 0.717) is 13.0 Å². The molecule has 1 rings (SSSR count). The van der Waals surface area contributed by atoms with E-state index in [1.54, 1.807) is 7.11 Å². The predicted octanol–water partition coefficient (Wildman–Crippen LogP) is 2.01. The van der Waals surface area contributed by atoms with Crippen LogP contribution in [0.25, 0.3) is 0 Å². The summed E-state index contributed by atoms with van der Waals surface area (Å²) in [6, 6.07) is 7.81. The Kier molecular flexibility index (Phi) is 4.84. The average Bonchev–Trinajstić information content (AvgIpc) is 2.29. The molecule has 1 aromatic rings. The van der Waals surface area contributed by atoms with Gasteiger partial charge in [-0.2, -0.15) is 0 Å². The number of hydrogen-bond acceptors (Lipinski definition) is 3. The maximum atomic E-state index is 11.0. The first-order valence-electron chi connectivity index (χ1n) is 5.11. The Balaban J connectivity index is 0.00000225. The maximum Gasteiger partial charge on any atom is 0.146 e. The number of Topliss-reactive ketones (excluding diaryl/α,β-unsaturated/α-hetero) is 1. The van der Waals surface area contributed by atoms with Crippen molar-refractivity contribution in [1.82, 2.24) is 5.32 Å². The first-order valence-corrected chi connectivity index (χ1v) is 5.11. The van der Waals surface area contributed by atoms with Crippen LogP contribution in [0.2, 0.25) is 0 Å². The highest BCUT2D eigenvalue weighted by Crippen LogP contribution is 2.10. The average molecular weight is 209 g/mol. The van der Waals surface area contributed by atoms with E-state index in [9.17, 15) is 4.79 Å². The fourth-order valence-electron chi connectivity index (χ4n) is 1.21. The Morgan fingerprint density at radius 3 is 2.60 bits per heavy atom. The molecule has 0 bridgehead atoms. The van der Waals surface area contributed by atoms with Crippen molar-refractivity contribution in [3.05, 3.63) is 29.8 Å². The second-order valence-electron chi connectivity index (χ2n) is 3.34. The molecule has 1 aromatic carbocycles. The third-order valence-electron chi connectivity index (χ3n) is 2.20. The Bertz CT molecular complexity index is 311. The summed E-state index contributed by atoms with van der Waals surface area (Å²) < 4.78 is 5.05. The van der Waals surface area contributed by atoms with Crippen molar-refractivity contribution in [2.75, 3.05) is 13.7 Å². The zero-order chi connectivity index (χ0) is 11.1. The summed E-state index contributed by atoms with van der Waals surface area (Å²) in [4.78, 5) is 11.0. The monoisotopic (exact) mass is 209 g/mol. The molecule has 84 valence electrons. The van der Waals surface area contributed by atoms with Crippen LogP contribution in [-0.2, 0) is 11.3 Å². The predicted molar refractivity (Wildman–Crippen MR) is 62.1 cm³/mol. The Hall–Kier alpha value is -1.35. The number of ketones is 1. The number of carbonyl (C=O) groups is 1. The van der Waals surface area contributed by atoms with Crippen LogP contribution in [0.1, 0.15) is 20.3 Å². The minimum Gasteiger partial charge on any atom is -0.497 e. The Morgan fingerprint density at radius 2 is 2.07 bits per heavy atom. The normalized spacial score (nSPS) is 10.0. The molecule has 0 radical (unpaired) electrons. The molecule has 0 fully saturated rings. The molecule has 0 aliphatic rings. The second kappa shape index (κ2) is 6.19. The van der Waals surface area contributed by atoms with Gasteiger partial charge >= 0.3 is 0 Å². The van der Waals surface area contributed by atoms with Gasteiger partial charge in [-0.25, -0.2) is 0 Å². The second-order valence-corrected chi connectivity index (χ2v) is 3.34. The molecular formula is C12H19NO2.